The molecule has 0 amide bonds. The lowest BCUT2D eigenvalue weighted by atomic mass is 9.87. The first-order valence-electron chi connectivity index (χ1n) is 6.52. The maximum atomic E-state index is 14.6. The van der Waals surface area contributed by atoms with Crippen LogP contribution in [0.5, 0.6) is 0 Å². The predicted molar refractivity (Wildman–Crippen MR) is 102 cm³/mol. The van der Waals surface area contributed by atoms with Gasteiger partial charge in [-0.25, -0.2) is 4.39 Å². The third-order valence-corrected chi connectivity index (χ3v) is 7.93. The van der Waals surface area contributed by atoms with E-state index in [-0.39, 0.29) is 0 Å². The molecule has 1 heterocycles. The molecule has 0 radical (unpaired) electrons. The summed E-state index contributed by atoms with van der Waals surface area (Å²) in [6.45, 7) is 7.56. The molecule has 1 aromatic rings. The minimum absolute atomic E-state index is 0.481. The Morgan fingerprint density at radius 3 is 1.82 bits per heavy atom. The van der Waals surface area contributed by atoms with E-state index in [4.69, 9.17) is 9.31 Å². The minimum Gasteiger partial charge on any atom is -0.398 e. The Bertz CT molecular complexity index is 604. The van der Waals surface area contributed by atoms with Gasteiger partial charge in [0.25, 0.3) is 0 Å². The first-order valence-corrected chi connectivity index (χ1v) is 9.69. The number of hydrogen-bond donors (Lipinski definition) is 0. The van der Waals surface area contributed by atoms with Gasteiger partial charge in [0, 0.05) is 23.5 Å². The first-order chi connectivity index (χ1) is 9.96. The molecule has 1 aromatic carbocycles. The Kier molecular flexibility index (Phi) is 5.74. The molecule has 0 N–H and O–H groups in total. The zero-order valence-corrected chi connectivity index (χ0v) is 18.8. The molecule has 0 spiro atoms. The Hall–Kier alpha value is 0.795. The quantitative estimate of drug-likeness (QED) is 0.295. The molecule has 0 atom stereocenters. The van der Waals surface area contributed by atoms with E-state index in [1.807, 2.05) is 33.8 Å². The lowest BCUT2D eigenvalue weighted by molar-refractivity contribution is 0.00578. The molecule has 0 aromatic heterocycles. The topological polar surface area (TPSA) is 18.5 Å². The zero-order valence-electron chi connectivity index (χ0n) is 12.4. The lowest BCUT2D eigenvalue weighted by Gasteiger charge is -2.32. The van der Waals surface area contributed by atoms with Gasteiger partial charge in [0.2, 0.25) is 0 Å². The molecule has 1 saturated heterocycles. The molecule has 1 fully saturated rings. The van der Waals surface area contributed by atoms with Crippen molar-refractivity contribution in [1.82, 2.24) is 0 Å². The number of benzene rings is 1. The van der Waals surface area contributed by atoms with Gasteiger partial charge in [-0.2, -0.15) is 0 Å². The molecular weight excluding hydrogens is 550 g/mol. The Balaban J connectivity index is 2.40. The van der Waals surface area contributed by atoms with Crippen molar-refractivity contribution in [3.8, 4) is 0 Å². The highest BCUT2D eigenvalue weighted by Crippen LogP contribution is 2.42. The van der Waals surface area contributed by atoms with E-state index < -0.39 is 24.0 Å². The monoisotopic (exact) mass is 560 g/mol. The normalized spacial score (nSPS) is 20.6. The smallest absolute Gasteiger partial charge is 0.398 e. The van der Waals surface area contributed by atoms with Crippen molar-refractivity contribution >= 4 is 76.9 Å². The zero-order chi connectivity index (χ0) is 16.9. The SMILES string of the molecule is CC1(C)OB(C(F)=Cc2c(Br)c(Br)cc(Br)c2Br)OC1(C)C. The van der Waals surface area contributed by atoms with Gasteiger partial charge in [0.15, 0.2) is 0 Å². The van der Waals surface area contributed by atoms with Crippen LogP contribution in [-0.4, -0.2) is 18.3 Å². The fourth-order valence-corrected chi connectivity index (χ4v) is 4.19. The van der Waals surface area contributed by atoms with E-state index in [0.717, 1.165) is 17.9 Å². The van der Waals surface area contributed by atoms with Gasteiger partial charge in [-0.15, -0.1) is 0 Å². The third kappa shape index (κ3) is 3.57. The van der Waals surface area contributed by atoms with Gasteiger partial charge in [0.1, 0.15) is 5.73 Å². The third-order valence-electron chi connectivity index (χ3n) is 3.91. The van der Waals surface area contributed by atoms with E-state index in [1.54, 1.807) is 0 Å². The van der Waals surface area contributed by atoms with E-state index in [9.17, 15) is 4.39 Å². The first kappa shape index (κ1) is 19.1. The van der Waals surface area contributed by atoms with Crippen molar-refractivity contribution in [2.24, 2.45) is 0 Å². The van der Waals surface area contributed by atoms with Crippen LogP contribution in [0.3, 0.4) is 0 Å². The molecule has 8 heteroatoms. The number of hydrogen-bond acceptors (Lipinski definition) is 2. The summed E-state index contributed by atoms with van der Waals surface area (Å²) in [5.74, 6) is 0. The summed E-state index contributed by atoms with van der Waals surface area (Å²) in [5.41, 5.74) is -0.969. The Morgan fingerprint density at radius 2 is 1.41 bits per heavy atom. The summed E-state index contributed by atoms with van der Waals surface area (Å²) in [5, 5.41) is 0. The summed E-state index contributed by atoms with van der Waals surface area (Å²) in [6.07, 6.45) is 1.41. The molecule has 1 aliphatic rings. The van der Waals surface area contributed by atoms with Crippen LogP contribution < -0.4 is 0 Å². The van der Waals surface area contributed by atoms with E-state index in [2.05, 4.69) is 63.7 Å². The van der Waals surface area contributed by atoms with Crippen LogP contribution in [0.25, 0.3) is 6.08 Å². The summed E-state index contributed by atoms with van der Waals surface area (Å²) in [7, 11) is -1.01. The number of rotatable bonds is 2. The number of halogens is 5. The maximum absolute atomic E-state index is 14.6. The van der Waals surface area contributed by atoms with Gasteiger partial charge >= 0.3 is 7.12 Å². The standard InChI is InChI=1S/C14H14BBr4FO2/c1-13(2)14(3,4)22-15(21-13)10(20)5-7-11(18)8(16)6-9(17)12(7)19/h5-6H,1-4H3. The average molecular weight is 564 g/mol. The lowest BCUT2D eigenvalue weighted by Crippen LogP contribution is -2.41. The molecule has 22 heavy (non-hydrogen) atoms. The van der Waals surface area contributed by atoms with Crippen molar-refractivity contribution in [1.29, 1.82) is 0 Å². The fourth-order valence-electron chi connectivity index (χ4n) is 1.88. The summed E-state index contributed by atoms with van der Waals surface area (Å²) in [4.78, 5) is 0. The molecule has 2 nitrogen and oxygen atoms in total. The van der Waals surface area contributed by atoms with Gasteiger partial charge < -0.3 is 9.31 Å². The summed E-state index contributed by atoms with van der Waals surface area (Å²) in [6, 6.07) is 1.87. The van der Waals surface area contributed by atoms with Crippen molar-refractivity contribution in [2.45, 2.75) is 38.9 Å². The minimum atomic E-state index is -1.01. The average Bonchev–Trinajstić information content (AvgIpc) is 2.61. The molecule has 2 rings (SSSR count). The van der Waals surface area contributed by atoms with Crippen molar-refractivity contribution in [3.63, 3.8) is 0 Å². The van der Waals surface area contributed by atoms with Crippen LogP contribution in [0.2, 0.25) is 0 Å². The molecule has 120 valence electrons. The Labute approximate surface area is 163 Å². The fraction of sp³-hybridized carbons (Fsp3) is 0.429. The van der Waals surface area contributed by atoms with Gasteiger partial charge in [-0.1, -0.05) is 0 Å². The van der Waals surface area contributed by atoms with Crippen molar-refractivity contribution < 1.29 is 13.7 Å². The van der Waals surface area contributed by atoms with E-state index >= 15 is 0 Å². The second-order valence-electron chi connectivity index (χ2n) is 6.00. The van der Waals surface area contributed by atoms with E-state index in [1.165, 1.54) is 6.08 Å². The highest BCUT2D eigenvalue weighted by atomic mass is 79.9. The second-order valence-corrected chi connectivity index (χ2v) is 9.29. The van der Waals surface area contributed by atoms with Gasteiger partial charge in [-0.3, -0.25) is 0 Å². The maximum Gasteiger partial charge on any atom is 0.525 e. The van der Waals surface area contributed by atoms with Crippen LogP contribution in [0.1, 0.15) is 33.3 Å². The Morgan fingerprint density at radius 1 is 1.00 bits per heavy atom. The molecular formula is C14H14BBr4FO2. The van der Waals surface area contributed by atoms with Gasteiger partial charge in [0.05, 0.1) is 11.2 Å². The van der Waals surface area contributed by atoms with Crippen molar-refractivity contribution in [3.05, 3.63) is 35.2 Å². The largest absolute Gasteiger partial charge is 0.525 e. The van der Waals surface area contributed by atoms with Crippen LogP contribution in [0, 0.1) is 0 Å². The van der Waals surface area contributed by atoms with Crippen LogP contribution in [0.15, 0.2) is 29.7 Å². The molecule has 0 unspecified atom stereocenters. The predicted octanol–water partition coefficient (Wildman–Crippen LogP) is 6.68. The van der Waals surface area contributed by atoms with Crippen molar-refractivity contribution in [2.75, 3.05) is 0 Å². The molecule has 0 saturated carbocycles. The highest BCUT2D eigenvalue weighted by Gasteiger charge is 2.53. The second kappa shape index (κ2) is 6.60. The summed E-state index contributed by atoms with van der Waals surface area (Å²) < 4.78 is 29.2. The van der Waals surface area contributed by atoms with Gasteiger partial charge in [-0.05, 0) is 104 Å². The van der Waals surface area contributed by atoms with Crippen LogP contribution in [-0.2, 0) is 9.31 Å². The van der Waals surface area contributed by atoms with E-state index in [0.29, 0.717) is 5.56 Å². The highest BCUT2D eigenvalue weighted by molar-refractivity contribution is 9.14. The molecule has 0 aliphatic carbocycles. The molecule has 1 aliphatic heterocycles. The summed E-state index contributed by atoms with van der Waals surface area (Å²) >= 11 is 13.8. The van der Waals surface area contributed by atoms with Crippen LogP contribution in [0.4, 0.5) is 4.39 Å². The van der Waals surface area contributed by atoms with Crippen LogP contribution >= 0.6 is 63.7 Å². The molecule has 0 bridgehead atoms.